The van der Waals surface area contributed by atoms with E-state index in [-0.39, 0.29) is 17.5 Å². The van der Waals surface area contributed by atoms with E-state index in [9.17, 15) is 14.7 Å². The number of aliphatic hydroxyl groups is 1. The quantitative estimate of drug-likeness (QED) is 0.758. The van der Waals surface area contributed by atoms with Gasteiger partial charge in [0.2, 0.25) is 0 Å². The maximum absolute atomic E-state index is 11.6. The number of Topliss-reactive ketones (excluding diaryl/α,β-unsaturated/α-hetero) is 1. The van der Waals surface area contributed by atoms with Crippen LogP contribution >= 0.6 is 0 Å². The molecule has 2 rings (SSSR count). The number of fused-ring (bicyclic) bond motifs is 1. The Labute approximate surface area is 102 Å². The lowest BCUT2D eigenvalue weighted by atomic mass is 9.54. The van der Waals surface area contributed by atoms with Gasteiger partial charge in [-0.3, -0.25) is 9.59 Å². The maximum atomic E-state index is 11.6. The summed E-state index contributed by atoms with van der Waals surface area (Å²) in [5.74, 6) is 0.172. The van der Waals surface area contributed by atoms with Gasteiger partial charge in [-0.2, -0.15) is 0 Å². The fraction of sp³-hybridized carbons (Fsp3) is 0.714. The Morgan fingerprint density at radius 1 is 1.53 bits per heavy atom. The third-order valence-electron chi connectivity index (χ3n) is 4.75. The molecule has 17 heavy (non-hydrogen) atoms. The van der Waals surface area contributed by atoms with Gasteiger partial charge in [0.1, 0.15) is 5.78 Å². The van der Waals surface area contributed by atoms with Crippen LogP contribution in [0, 0.1) is 11.3 Å². The van der Waals surface area contributed by atoms with Crippen molar-refractivity contribution >= 4 is 11.6 Å². The summed E-state index contributed by atoms with van der Waals surface area (Å²) in [7, 11) is 0. The van der Waals surface area contributed by atoms with Gasteiger partial charge < -0.3 is 5.11 Å². The van der Waals surface area contributed by atoms with Crippen LogP contribution in [-0.2, 0) is 9.59 Å². The summed E-state index contributed by atoms with van der Waals surface area (Å²) < 4.78 is 0. The third-order valence-corrected chi connectivity index (χ3v) is 4.75. The van der Waals surface area contributed by atoms with Crippen LogP contribution in [0.4, 0.5) is 0 Å². The zero-order valence-electron chi connectivity index (χ0n) is 10.7. The van der Waals surface area contributed by atoms with Gasteiger partial charge >= 0.3 is 0 Å². The van der Waals surface area contributed by atoms with E-state index in [1.54, 1.807) is 19.9 Å². The summed E-state index contributed by atoms with van der Waals surface area (Å²) >= 11 is 0. The van der Waals surface area contributed by atoms with Gasteiger partial charge in [-0.05, 0) is 44.8 Å². The van der Waals surface area contributed by atoms with Gasteiger partial charge in [-0.25, -0.2) is 0 Å². The van der Waals surface area contributed by atoms with Crippen molar-refractivity contribution in [3.05, 3.63) is 11.6 Å². The van der Waals surface area contributed by atoms with E-state index in [1.165, 1.54) is 0 Å². The number of ketones is 2. The average molecular weight is 236 g/mol. The van der Waals surface area contributed by atoms with Crippen molar-refractivity contribution in [2.24, 2.45) is 11.3 Å². The predicted octanol–water partition coefficient (Wildman–Crippen LogP) is 2.03. The third kappa shape index (κ3) is 1.77. The van der Waals surface area contributed by atoms with Gasteiger partial charge in [-0.15, -0.1) is 0 Å². The SMILES string of the molecule is CC(=O)[C@H]1CC[C@]2(C)CC(=O)C=C(C)[C@]2(O)C1. The largest absolute Gasteiger partial charge is 0.385 e. The second-order valence-electron chi connectivity index (χ2n) is 5.94. The van der Waals surface area contributed by atoms with E-state index in [1.807, 2.05) is 6.92 Å². The molecule has 0 unspecified atom stereocenters. The molecule has 3 nitrogen and oxygen atoms in total. The Kier molecular flexibility index (Phi) is 2.77. The Morgan fingerprint density at radius 2 is 2.18 bits per heavy atom. The Balaban J connectivity index is 2.40. The number of carbonyl (C=O) groups excluding carboxylic acids is 2. The van der Waals surface area contributed by atoms with E-state index in [4.69, 9.17) is 0 Å². The molecule has 94 valence electrons. The lowest BCUT2D eigenvalue weighted by Gasteiger charge is -2.52. The number of carbonyl (C=O) groups is 2. The highest BCUT2D eigenvalue weighted by atomic mass is 16.3. The van der Waals surface area contributed by atoms with Crippen LogP contribution < -0.4 is 0 Å². The summed E-state index contributed by atoms with van der Waals surface area (Å²) in [5.41, 5.74) is -0.646. The summed E-state index contributed by atoms with van der Waals surface area (Å²) in [6.45, 7) is 5.36. The molecule has 3 atom stereocenters. The van der Waals surface area contributed by atoms with Crippen molar-refractivity contribution in [1.29, 1.82) is 0 Å². The highest BCUT2D eigenvalue weighted by molar-refractivity contribution is 5.92. The second-order valence-corrected chi connectivity index (χ2v) is 5.94. The van der Waals surface area contributed by atoms with Gasteiger partial charge in [0.25, 0.3) is 0 Å². The number of allylic oxidation sites excluding steroid dienone is 1. The molecule has 1 saturated carbocycles. The molecule has 1 N–H and O–H groups in total. The zero-order chi connectivity index (χ0) is 12.8. The average Bonchev–Trinajstić information content (AvgIpc) is 2.20. The normalized spacial score (nSPS) is 41.8. The Bertz CT molecular complexity index is 410. The van der Waals surface area contributed by atoms with E-state index < -0.39 is 11.0 Å². The number of rotatable bonds is 1. The van der Waals surface area contributed by atoms with E-state index in [2.05, 4.69) is 0 Å². The van der Waals surface area contributed by atoms with Gasteiger partial charge in [0.05, 0.1) is 5.60 Å². The Hall–Kier alpha value is -0.960. The van der Waals surface area contributed by atoms with E-state index in [0.29, 0.717) is 12.8 Å². The van der Waals surface area contributed by atoms with Crippen molar-refractivity contribution in [2.45, 2.75) is 52.1 Å². The molecule has 0 aromatic rings. The molecular weight excluding hydrogens is 216 g/mol. The lowest BCUT2D eigenvalue weighted by Crippen LogP contribution is -2.55. The molecule has 0 aromatic carbocycles. The molecule has 0 heterocycles. The van der Waals surface area contributed by atoms with E-state index in [0.717, 1.165) is 18.4 Å². The summed E-state index contributed by atoms with van der Waals surface area (Å²) in [5, 5.41) is 10.9. The summed E-state index contributed by atoms with van der Waals surface area (Å²) in [4.78, 5) is 23.1. The first-order valence-electron chi connectivity index (χ1n) is 6.23. The molecule has 0 aromatic heterocycles. The summed E-state index contributed by atoms with van der Waals surface area (Å²) in [6, 6.07) is 0. The molecule has 0 saturated heterocycles. The first kappa shape index (κ1) is 12.5. The van der Waals surface area contributed by atoms with E-state index >= 15 is 0 Å². The van der Waals surface area contributed by atoms with Crippen LogP contribution in [0.5, 0.6) is 0 Å². The molecule has 2 aliphatic carbocycles. The summed E-state index contributed by atoms with van der Waals surface area (Å²) in [6.07, 6.45) is 3.93. The smallest absolute Gasteiger partial charge is 0.156 e. The van der Waals surface area contributed by atoms with Crippen molar-refractivity contribution in [3.8, 4) is 0 Å². The molecule has 0 spiro atoms. The highest BCUT2D eigenvalue weighted by Gasteiger charge is 2.55. The van der Waals surface area contributed by atoms with Crippen LogP contribution in [-0.4, -0.2) is 22.3 Å². The van der Waals surface area contributed by atoms with Crippen molar-refractivity contribution in [3.63, 3.8) is 0 Å². The Morgan fingerprint density at radius 3 is 2.76 bits per heavy atom. The molecule has 0 amide bonds. The fourth-order valence-electron chi connectivity index (χ4n) is 3.42. The molecule has 0 bridgehead atoms. The highest BCUT2D eigenvalue weighted by Crippen LogP contribution is 2.54. The predicted molar refractivity (Wildman–Crippen MR) is 64.5 cm³/mol. The van der Waals surface area contributed by atoms with Crippen molar-refractivity contribution < 1.29 is 14.7 Å². The standard InChI is InChI=1S/C14H20O3/c1-9-6-12(16)8-13(3)5-4-11(10(2)15)7-14(9,13)17/h6,11,17H,4-5,7-8H2,1-3H3/t11-,13+,14+/m0/s1. The zero-order valence-corrected chi connectivity index (χ0v) is 10.7. The molecule has 0 radical (unpaired) electrons. The minimum absolute atomic E-state index is 0.0652. The second kappa shape index (κ2) is 3.77. The molecule has 0 aliphatic heterocycles. The van der Waals surface area contributed by atoms with Gasteiger partial charge in [0, 0.05) is 17.8 Å². The van der Waals surface area contributed by atoms with Crippen molar-refractivity contribution in [2.75, 3.05) is 0 Å². The molecule has 3 heteroatoms. The van der Waals surface area contributed by atoms with Crippen LogP contribution in [0.1, 0.15) is 46.5 Å². The number of hydrogen-bond acceptors (Lipinski definition) is 3. The number of hydrogen-bond donors (Lipinski definition) is 1. The topological polar surface area (TPSA) is 54.4 Å². The maximum Gasteiger partial charge on any atom is 0.156 e. The molecular formula is C14H20O3. The van der Waals surface area contributed by atoms with Crippen LogP contribution in [0.2, 0.25) is 0 Å². The van der Waals surface area contributed by atoms with Crippen molar-refractivity contribution in [1.82, 2.24) is 0 Å². The van der Waals surface area contributed by atoms with Gasteiger partial charge in [0.15, 0.2) is 5.78 Å². The fourth-order valence-corrected chi connectivity index (χ4v) is 3.42. The first-order chi connectivity index (χ1) is 7.78. The monoisotopic (exact) mass is 236 g/mol. The molecule has 2 aliphatic rings. The first-order valence-corrected chi connectivity index (χ1v) is 6.23. The van der Waals surface area contributed by atoms with Crippen LogP contribution in [0.15, 0.2) is 11.6 Å². The van der Waals surface area contributed by atoms with Gasteiger partial charge in [-0.1, -0.05) is 6.92 Å². The minimum Gasteiger partial charge on any atom is -0.385 e. The molecule has 1 fully saturated rings. The van der Waals surface area contributed by atoms with Crippen LogP contribution in [0.25, 0.3) is 0 Å². The lowest BCUT2D eigenvalue weighted by molar-refractivity contribution is -0.141. The van der Waals surface area contributed by atoms with Crippen LogP contribution in [0.3, 0.4) is 0 Å². The minimum atomic E-state index is -0.977.